The molecule has 0 aliphatic rings. The molecule has 0 aromatic rings. The summed E-state index contributed by atoms with van der Waals surface area (Å²) in [5.74, 6) is -0.933. The summed E-state index contributed by atoms with van der Waals surface area (Å²) >= 11 is -5.69. The number of carboxylic acid groups (broad SMARTS) is 1. The van der Waals surface area contributed by atoms with Crippen LogP contribution in [0.4, 0.5) is 0 Å². The fourth-order valence-electron chi connectivity index (χ4n) is 0.632. The molecule has 0 radical (unpaired) electrons. The number of rotatable bonds is 5. The normalized spacial score (nSPS) is 12.4. The van der Waals surface area contributed by atoms with E-state index in [2.05, 4.69) is 0 Å². The van der Waals surface area contributed by atoms with Gasteiger partial charge < -0.3 is 31.3 Å². The average Bonchev–Trinajstić information content (AvgIpc) is 2.12. The summed E-state index contributed by atoms with van der Waals surface area (Å²) in [5, 5.41) is 8.33. The van der Waals surface area contributed by atoms with Gasteiger partial charge in [0.15, 0.2) is 0 Å². The Labute approximate surface area is 120 Å². The summed E-state index contributed by atoms with van der Waals surface area (Å²) in [7, 11) is -4.64. The van der Waals surface area contributed by atoms with E-state index >= 15 is 0 Å². The second kappa shape index (κ2) is 12.8. The first kappa shape index (κ1) is 25.0. The van der Waals surface area contributed by atoms with Crippen LogP contribution in [0.25, 0.3) is 0 Å². The van der Waals surface area contributed by atoms with E-state index in [0.717, 1.165) is 12.8 Å². The van der Waals surface area contributed by atoms with Crippen LogP contribution >= 0.6 is 7.82 Å². The van der Waals surface area contributed by atoms with Gasteiger partial charge in [-0.3, -0.25) is 15.1 Å². The average molecular weight is 436 g/mol. The first-order chi connectivity index (χ1) is 8.68. The summed E-state index contributed by atoms with van der Waals surface area (Å²) in [4.78, 5) is 31.7. The molecule has 0 saturated heterocycles. The largest absolute Gasteiger partial charge is 0.480 e. The van der Waals surface area contributed by atoms with Crippen LogP contribution < -0.4 is 41.9 Å². The monoisotopic (exact) mass is 436 g/mol. The molecule has 14 heteroatoms. The van der Waals surface area contributed by atoms with E-state index in [1.54, 1.807) is 0 Å². The van der Waals surface area contributed by atoms with Gasteiger partial charge in [0.2, 0.25) is 0 Å². The third-order valence-corrected chi connectivity index (χ3v) is 1.29. The zero-order valence-corrected chi connectivity index (χ0v) is 13.2. The molecule has 0 saturated carbocycles. The molecule has 0 unspecified atom stereocenters. The van der Waals surface area contributed by atoms with Crippen molar-refractivity contribution in [2.45, 2.75) is 25.3 Å². The van der Waals surface area contributed by atoms with E-state index in [4.69, 9.17) is 49.6 Å². The van der Waals surface area contributed by atoms with Crippen molar-refractivity contribution in [3.05, 3.63) is 0 Å². The Morgan fingerprint density at radius 1 is 1.20 bits per heavy atom. The van der Waals surface area contributed by atoms with Crippen molar-refractivity contribution in [3.63, 3.8) is 0 Å². The van der Waals surface area contributed by atoms with Crippen LogP contribution in [0.2, 0.25) is 0 Å². The minimum Gasteiger partial charge on any atom is -0.480 e. The van der Waals surface area contributed by atoms with Crippen molar-refractivity contribution < 1.29 is 63.0 Å². The molecule has 0 aliphatic carbocycles. The van der Waals surface area contributed by atoms with E-state index in [1.807, 2.05) is 0 Å². The summed E-state index contributed by atoms with van der Waals surface area (Å²) in [6.45, 7) is 0.604. The van der Waals surface area contributed by atoms with Crippen LogP contribution in [0.1, 0.15) is 19.3 Å². The molecule has 0 fully saturated rings. The molecule has 20 heavy (non-hydrogen) atoms. The summed E-state index contributed by atoms with van der Waals surface area (Å²) in [5.41, 5.74) is 10.4. The zero-order chi connectivity index (χ0) is 17.0. The predicted octanol–water partition coefficient (Wildman–Crippen LogP) is -8.52. The Morgan fingerprint density at radius 2 is 1.50 bits per heavy atom. The highest BCUT2D eigenvalue weighted by atomic mass is 127. The Kier molecular flexibility index (Phi) is 16.0. The van der Waals surface area contributed by atoms with Crippen molar-refractivity contribution in [2.75, 3.05) is 6.54 Å². The van der Waals surface area contributed by atoms with Crippen molar-refractivity contribution in [1.82, 2.24) is 0 Å². The number of halogens is 1. The van der Waals surface area contributed by atoms with Crippen LogP contribution in [0.15, 0.2) is 0 Å². The first-order valence-electron chi connectivity index (χ1n) is 4.78. The molecule has 124 valence electrons. The maximum Gasteiger partial charge on any atom is 0.466 e. The van der Waals surface area contributed by atoms with Gasteiger partial charge in [0, 0.05) is 3.44 Å². The number of hydrogen-bond acceptors (Lipinski definition) is 8. The molecule has 0 spiro atoms. The van der Waals surface area contributed by atoms with Gasteiger partial charge in [-0.25, -0.2) is 4.57 Å². The standard InChI is InChI=1S/C6H14N2O2.HIO4.H3O4P/c7-4-2-1-3-5(8)6(9)10;2-1(3,4)5;1-5(2,3)4/h5H,1-4,7-8H2,(H,9,10);2H;(H3,1,2,3,4)/t5-;;/m0../s1. The lowest BCUT2D eigenvalue weighted by molar-refractivity contribution is -1.92. The smallest absolute Gasteiger partial charge is 0.466 e. The number of unbranched alkanes of at least 4 members (excludes halogenated alkanes) is 1. The lowest BCUT2D eigenvalue weighted by Gasteiger charge is -2.03. The van der Waals surface area contributed by atoms with E-state index in [-0.39, 0.29) is 0 Å². The molecule has 0 bridgehead atoms. The third kappa shape index (κ3) is 64.0. The summed E-state index contributed by atoms with van der Waals surface area (Å²) in [6, 6.07) is -0.716. The van der Waals surface area contributed by atoms with Crippen molar-refractivity contribution in [1.29, 1.82) is 0 Å². The second-order valence-corrected chi connectivity index (χ2v) is 6.43. The molecule has 9 N–H and O–H groups in total. The van der Waals surface area contributed by atoms with E-state index in [1.165, 1.54) is 0 Å². The van der Waals surface area contributed by atoms with E-state index in [0.29, 0.717) is 13.0 Å². The van der Waals surface area contributed by atoms with Gasteiger partial charge in [0.25, 0.3) is 0 Å². The molecule has 12 nitrogen and oxygen atoms in total. The molecule has 0 rings (SSSR count). The molecule has 0 aromatic heterocycles. The van der Waals surface area contributed by atoms with Crippen molar-refractivity contribution in [2.24, 2.45) is 11.5 Å². The van der Waals surface area contributed by atoms with Gasteiger partial charge in [-0.15, -0.1) is 0 Å². The summed E-state index contributed by atoms with van der Waals surface area (Å²) < 4.78 is 42.1. The molecule has 0 aromatic carbocycles. The van der Waals surface area contributed by atoms with Crippen molar-refractivity contribution in [3.8, 4) is 0 Å². The van der Waals surface area contributed by atoms with Gasteiger partial charge in [0.05, 0.1) is 0 Å². The van der Waals surface area contributed by atoms with Crippen LogP contribution in [0, 0.1) is 0 Å². The first-order valence-corrected chi connectivity index (χ1v) is 9.95. The van der Waals surface area contributed by atoms with Crippen molar-refractivity contribution >= 4 is 13.8 Å². The number of aliphatic carboxylic acids is 1. The number of phosphoric acid groups is 1. The Hall–Kier alpha value is 0.0700. The van der Waals surface area contributed by atoms with Crippen LogP contribution in [-0.2, 0) is 9.36 Å². The Balaban J connectivity index is -0.000000244. The summed E-state index contributed by atoms with van der Waals surface area (Å²) in [6.07, 6.45) is 2.16. The van der Waals surface area contributed by atoms with Gasteiger partial charge in [-0.05, 0) is 19.4 Å². The number of carbonyl (C=O) groups is 1. The van der Waals surface area contributed by atoms with Gasteiger partial charge >= 0.3 is 33.9 Å². The number of hydrogen-bond donors (Lipinski definition) is 7. The number of nitrogens with two attached hydrogens (primary N) is 2. The SMILES string of the molecule is NCCCC[C@H](N)C(=O)O.O=P(O)(O)O.[O-][I+3]([O-])([O-])O. The fourth-order valence-corrected chi connectivity index (χ4v) is 0.632. The van der Waals surface area contributed by atoms with E-state index < -0.39 is 39.9 Å². The Bertz CT molecular complexity index is 278. The quantitative estimate of drug-likeness (QED) is 0.120. The van der Waals surface area contributed by atoms with Crippen LogP contribution in [0.5, 0.6) is 0 Å². The fraction of sp³-hybridized carbons (Fsp3) is 0.833. The van der Waals surface area contributed by atoms with Crippen LogP contribution in [-0.4, -0.2) is 41.8 Å². The maximum atomic E-state index is 10.1. The molecule has 1 atom stereocenters. The minimum absolute atomic E-state index is 0.520. The molecular formula is C6H18IN2O10P. The lowest BCUT2D eigenvalue weighted by atomic mass is 10.1. The second-order valence-electron chi connectivity index (χ2n) is 3.14. The Morgan fingerprint density at radius 3 is 1.70 bits per heavy atom. The highest BCUT2D eigenvalue weighted by Crippen LogP contribution is 2.25. The zero-order valence-electron chi connectivity index (χ0n) is 10.2. The predicted molar refractivity (Wildman–Crippen MR) is 55.0 cm³/mol. The van der Waals surface area contributed by atoms with E-state index in [9.17, 15) is 4.79 Å². The van der Waals surface area contributed by atoms with Gasteiger partial charge in [-0.2, -0.15) is 0 Å². The topological polar surface area (TPSA) is 257 Å². The van der Waals surface area contributed by atoms with Crippen LogP contribution in [0.3, 0.4) is 0 Å². The molecular weight excluding hydrogens is 418 g/mol. The molecule has 0 amide bonds. The highest BCUT2D eigenvalue weighted by molar-refractivity contribution is 7.45. The van der Waals surface area contributed by atoms with Gasteiger partial charge in [-0.1, -0.05) is 6.42 Å². The third-order valence-electron chi connectivity index (χ3n) is 1.29. The maximum absolute atomic E-state index is 10.1. The molecule has 0 heterocycles. The highest BCUT2D eigenvalue weighted by Gasteiger charge is 2.12. The number of carboxylic acids is 1. The lowest BCUT2D eigenvalue weighted by Crippen LogP contribution is -4.23. The van der Waals surface area contributed by atoms with Gasteiger partial charge in [0.1, 0.15) is 6.04 Å². The minimum atomic E-state index is -5.69. The molecule has 0 aliphatic heterocycles.